The van der Waals surface area contributed by atoms with Crippen LogP contribution in [0.2, 0.25) is 0 Å². The summed E-state index contributed by atoms with van der Waals surface area (Å²) in [5, 5.41) is 20.4. The predicted octanol–water partition coefficient (Wildman–Crippen LogP) is 5.08. The Morgan fingerprint density at radius 3 is 2.89 bits per heavy atom. The molecule has 0 saturated carbocycles. The number of hydrogen-bond acceptors (Lipinski definition) is 6. The molecule has 1 fully saturated rings. The number of para-hydroxylation sites is 1. The third-order valence-corrected chi connectivity index (χ3v) is 6.71. The van der Waals surface area contributed by atoms with Crippen molar-refractivity contribution in [1.29, 1.82) is 0 Å². The summed E-state index contributed by atoms with van der Waals surface area (Å²) in [6.45, 7) is 5.43. The van der Waals surface area contributed by atoms with E-state index in [0.717, 1.165) is 42.6 Å². The van der Waals surface area contributed by atoms with E-state index in [1.165, 1.54) is 0 Å². The van der Waals surface area contributed by atoms with Crippen LogP contribution in [-0.4, -0.2) is 34.4 Å². The number of carboxylic acid groups (broad SMARTS) is 1. The molecule has 8 nitrogen and oxygen atoms in total. The Hall–Kier alpha value is -4.07. The minimum atomic E-state index is -1.000. The van der Waals surface area contributed by atoms with Gasteiger partial charge in [0.2, 0.25) is 0 Å². The highest BCUT2D eigenvalue weighted by Gasteiger charge is 2.25. The number of carbonyl (C=O) groups is 1. The standard InChI is InChI=1S/C27H28N4O4/c1-16-10-21(17(2)30-23-8-4-3-7-20(23)27(33)34)26-22(11-16)24(32)12-25(35-26)31-9-5-6-18(15-31)19-13-28-29-14-19/h3-4,7-8,10-14,17-18,30H,5-6,9,15H2,1-2H3,(H,28,29)(H,33,34)/t17-,18?/m1/s1. The van der Waals surface area contributed by atoms with Crippen molar-refractivity contribution in [3.05, 3.63) is 87.3 Å². The zero-order chi connectivity index (χ0) is 24.5. The van der Waals surface area contributed by atoms with Crippen LogP contribution in [0.5, 0.6) is 0 Å². The van der Waals surface area contributed by atoms with Crippen LogP contribution in [0.15, 0.2) is 64.1 Å². The smallest absolute Gasteiger partial charge is 0.337 e. The lowest BCUT2D eigenvalue weighted by Gasteiger charge is -2.33. The fraction of sp³-hybridized carbons (Fsp3) is 0.296. The van der Waals surface area contributed by atoms with Crippen LogP contribution in [0.3, 0.4) is 0 Å². The summed E-state index contributed by atoms with van der Waals surface area (Å²) >= 11 is 0. The van der Waals surface area contributed by atoms with Crippen LogP contribution < -0.4 is 15.6 Å². The molecule has 2 aromatic heterocycles. The molecular weight excluding hydrogens is 444 g/mol. The number of fused-ring (bicyclic) bond motifs is 1. The van der Waals surface area contributed by atoms with E-state index >= 15 is 0 Å². The van der Waals surface area contributed by atoms with E-state index in [-0.39, 0.29) is 17.0 Å². The maximum Gasteiger partial charge on any atom is 0.337 e. The molecular formula is C27H28N4O4. The lowest BCUT2D eigenvalue weighted by atomic mass is 9.93. The van der Waals surface area contributed by atoms with Gasteiger partial charge in [0.15, 0.2) is 11.3 Å². The van der Waals surface area contributed by atoms with E-state index in [9.17, 15) is 14.7 Å². The monoisotopic (exact) mass is 472 g/mol. The molecule has 4 aromatic rings. The van der Waals surface area contributed by atoms with E-state index in [0.29, 0.717) is 28.5 Å². The number of carboxylic acids is 1. The fourth-order valence-electron chi connectivity index (χ4n) is 4.94. The zero-order valence-corrected chi connectivity index (χ0v) is 19.7. The number of piperidine rings is 1. The van der Waals surface area contributed by atoms with E-state index in [2.05, 4.69) is 20.4 Å². The maximum atomic E-state index is 13.2. The van der Waals surface area contributed by atoms with Crippen LogP contribution in [0.4, 0.5) is 11.6 Å². The highest BCUT2D eigenvalue weighted by Crippen LogP contribution is 2.33. The lowest BCUT2D eigenvalue weighted by Crippen LogP contribution is -2.34. The average Bonchev–Trinajstić information content (AvgIpc) is 3.39. The first-order chi connectivity index (χ1) is 16.9. The molecule has 5 rings (SSSR count). The van der Waals surface area contributed by atoms with Gasteiger partial charge in [-0.2, -0.15) is 5.10 Å². The molecule has 3 N–H and O–H groups in total. The van der Waals surface area contributed by atoms with Crippen molar-refractivity contribution in [1.82, 2.24) is 10.2 Å². The molecule has 0 aliphatic carbocycles. The quantitative estimate of drug-likeness (QED) is 0.359. The van der Waals surface area contributed by atoms with E-state index in [1.54, 1.807) is 30.3 Å². The summed E-state index contributed by atoms with van der Waals surface area (Å²) in [4.78, 5) is 27.0. The number of rotatable bonds is 6. The number of anilines is 2. The largest absolute Gasteiger partial charge is 0.478 e. The second kappa shape index (κ2) is 9.29. The topological polar surface area (TPSA) is 111 Å². The number of aromatic amines is 1. The number of nitrogens with one attached hydrogen (secondary N) is 2. The molecule has 0 bridgehead atoms. The molecule has 1 unspecified atom stereocenters. The predicted molar refractivity (Wildman–Crippen MR) is 135 cm³/mol. The van der Waals surface area contributed by atoms with Crippen molar-refractivity contribution < 1.29 is 14.3 Å². The minimum absolute atomic E-state index is 0.0882. The number of aromatic nitrogens is 2. The third-order valence-electron chi connectivity index (χ3n) is 6.71. The van der Waals surface area contributed by atoms with Gasteiger partial charge in [-0.15, -0.1) is 0 Å². The SMILES string of the molecule is Cc1cc([C@@H](C)Nc2ccccc2C(=O)O)c2oc(N3CCCC(c4cn[nH]c4)C3)cc(=O)c2c1. The molecule has 0 spiro atoms. The molecule has 0 amide bonds. The summed E-state index contributed by atoms with van der Waals surface area (Å²) in [6.07, 6.45) is 5.83. The summed E-state index contributed by atoms with van der Waals surface area (Å²) in [6, 6.07) is 11.9. The summed E-state index contributed by atoms with van der Waals surface area (Å²) < 4.78 is 6.42. The van der Waals surface area contributed by atoms with Gasteiger partial charge >= 0.3 is 5.97 Å². The van der Waals surface area contributed by atoms with Crippen LogP contribution >= 0.6 is 0 Å². The first-order valence-corrected chi connectivity index (χ1v) is 11.8. The van der Waals surface area contributed by atoms with Gasteiger partial charge in [0, 0.05) is 42.5 Å². The number of nitrogens with zero attached hydrogens (tertiary/aromatic N) is 2. The molecule has 2 atom stereocenters. The van der Waals surface area contributed by atoms with Gasteiger partial charge < -0.3 is 19.7 Å². The Bertz CT molecular complexity index is 1430. The van der Waals surface area contributed by atoms with Gasteiger partial charge in [0.05, 0.1) is 23.2 Å². The third kappa shape index (κ3) is 4.51. The summed E-state index contributed by atoms with van der Waals surface area (Å²) in [5.74, 6) is -0.131. The number of hydrogen-bond donors (Lipinski definition) is 3. The van der Waals surface area contributed by atoms with Gasteiger partial charge in [0.1, 0.15) is 5.58 Å². The highest BCUT2D eigenvalue weighted by molar-refractivity contribution is 5.94. The Morgan fingerprint density at radius 1 is 1.29 bits per heavy atom. The molecule has 3 heterocycles. The van der Waals surface area contributed by atoms with Crippen molar-refractivity contribution >= 4 is 28.5 Å². The molecule has 2 aromatic carbocycles. The fourth-order valence-corrected chi connectivity index (χ4v) is 4.94. The van der Waals surface area contributed by atoms with E-state index in [4.69, 9.17) is 4.42 Å². The maximum absolute atomic E-state index is 13.2. The molecule has 0 radical (unpaired) electrons. The normalized spacial score (nSPS) is 16.9. The van der Waals surface area contributed by atoms with Crippen molar-refractivity contribution in [3.63, 3.8) is 0 Å². The van der Waals surface area contributed by atoms with Crippen LogP contribution in [0, 0.1) is 6.92 Å². The van der Waals surface area contributed by atoms with Gasteiger partial charge in [-0.05, 0) is 56.0 Å². The Labute approximate surface area is 202 Å². The van der Waals surface area contributed by atoms with Crippen molar-refractivity contribution in [2.75, 3.05) is 23.3 Å². The van der Waals surface area contributed by atoms with Gasteiger partial charge in [-0.3, -0.25) is 9.89 Å². The zero-order valence-electron chi connectivity index (χ0n) is 19.7. The van der Waals surface area contributed by atoms with E-state index in [1.807, 2.05) is 38.4 Å². The van der Waals surface area contributed by atoms with Crippen LogP contribution in [0.1, 0.15) is 58.8 Å². The molecule has 1 saturated heterocycles. The highest BCUT2D eigenvalue weighted by atomic mass is 16.4. The van der Waals surface area contributed by atoms with Crippen LogP contribution in [0.25, 0.3) is 11.0 Å². The Morgan fingerprint density at radius 2 is 2.11 bits per heavy atom. The van der Waals surface area contributed by atoms with Crippen molar-refractivity contribution in [2.45, 2.75) is 38.6 Å². The number of H-pyrrole nitrogens is 1. The summed E-state index contributed by atoms with van der Waals surface area (Å²) in [7, 11) is 0. The average molecular weight is 473 g/mol. The number of aryl methyl sites for hydroxylation is 1. The summed E-state index contributed by atoms with van der Waals surface area (Å²) in [5.41, 5.74) is 4.04. The Kier molecular flexibility index (Phi) is 6.03. The molecule has 35 heavy (non-hydrogen) atoms. The molecule has 180 valence electrons. The van der Waals surface area contributed by atoms with Crippen molar-refractivity contribution in [3.8, 4) is 0 Å². The lowest BCUT2D eigenvalue weighted by molar-refractivity contribution is 0.0698. The molecule has 1 aliphatic heterocycles. The van der Waals surface area contributed by atoms with E-state index < -0.39 is 5.97 Å². The van der Waals surface area contributed by atoms with Gasteiger partial charge in [-0.1, -0.05) is 18.2 Å². The molecule has 1 aliphatic rings. The minimum Gasteiger partial charge on any atom is -0.478 e. The number of benzene rings is 2. The van der Waals surface area contributed by atoms with Crippen LogP contribution in [-0.2, 0) is 0 Å². The van der Waals surface area contributed by atoms with Crippen molar-refractivity contribution in [2.24, 2.45) is 0 Å². The number of aromatic carboxylic acids is 1. The Balaban J connectivity index is 1.53. The van der Waals surface area contributed by atoms with Gasteiger partial charge in [0.25, 0.3) is 0 Å². The molecule has 8 heteroatoms. The second-order valence-electron chi connectivity index (χ2n) is 9.21. The first kappa shape index (κ1) is 22.7. The second-order valence-corrected chi connectivity index (χ2v) is 9.21. The first-order valence-electron chi connectivity index (χ1n) is 11.8. The van der Waals surface area contributed by atoms with Gasteiger partial charge in [-0.25, -0.2) is 4.79 Å².